The van der Waals surface area contributed by atoms with Crippen LogP contribution >= 0.6 is 0 Å². The van der Waals surface area contributed by atoms with Crippen molar-refractivity contribution in [1.82, 2.24) is 9.78 Å². The van der Waals surface area contributed by atoms with Crippen molar-refractivity contribution in [2.24, 2.45) is 0 Å². The number of aromatic carboxylic acids is 1. The van der Waals surface area contributed by atoms with Crippen LogP contribution in [0.2, 0.25) is 0 Å². The molecule has 0 aliphatic carbocycles. The maximum atomic E-state index is 10.8. The van der Waals surface area contributed by atoms with Crippen LogP contribution in [0.4, 0.5) is 5.82 Å². The standard InChI is InChI=1S/C8H11N3O2/c1-2-10-3-4-11-7(10)6(5-9-11)8(12)13/h5H,2-4H2,1H3,(H,12,13). The Morgan fingerprint density at radius 2 is 2.46 bits per heavy atom. The second kappa shape index (κ2) is 2.76. The summed E-state index contributed by atoms with van der Waals surface area (Å²) in [4.78, 5) is 12.8. The summed E-state index contributed by atoms with van der Waals surface area (Å²) in [7, 11) is 0. The van der Waals surface area contributed by atoms with E-state index in [4.69, 9.17) is 5.11 Å². The van der Waals surface area contributed by atoms with Crippen molar-refractivity contribution in [2.75, 3.05) is 18.0 Å². The van der Waals surface area contributed by atoms with Crippen LogP contribution in [0.25, 0.3) is 0 Å². The van der Waals surface area contributed by atoms with Crippen LogP contribution in [0.1, 0.15) is 17.3 Å². The number of hydrogen-bond donors (Lipinski definition) is 1. The molecule has 0 saturated carbocycles. The molecule has 70 valence electrons. The van der Waals surface area contributed by atoms with Gasteiger partial charge in [-0.05, 0) is 6.92 Å². The highest BCUT2D eigenvalue weighted by Crippen LogP contribution is 2.24. The van der Waals surface area contributed by atoms with Gasteiger partial charge in [-0.25, -0.2) is 9.48 Å². The molecule has 1 aromatic rings. The lowest BCUT2D eigenvalue weighted by molar-refractivity contribution is 0.0697. The fourth-order valence-electron chi connectivity index (χ4n) is 1.66. The number of fused-ring (bicyclic) bond motifs is 1. The summed E-state index contributed by atoms with van der Waals surface area (Å²) in [5, 5.41) is 12.9. The summed E-state index contributed by atoms with van der Waals surface area (Å²) >= 11 is 0. The zero-order valence-corrected chi connectivity index (χ0v) is 7.40. The molecule has 0 saturated heterocycles. The molecule has 1 aliphatic rings. The number of likely N-dealkylation sites (N-methyl/N-ethyl adjacent to an activating group) is 1. The third kappa shape index (κ3) is 1.07. The lowest BCUT2D eigenvalue weighted by Gasteiger charge is -2.14. The van der Waals surface area contributed by atoms with E-state index in [0.717, 1.165) is 25.5 Å². The van der Waals surface area contributed by atoms with Crippen molar-refractivity contribution < 1.29 is 9.90 Å². The first-order chi connectivity index (χ1) is 6.24. The number of anilines is 1. The Kier molecular flexibility index (Phi) is 1.72. The molecule has 1 aromatic heterocycles. The number of carbonyl (C=O) groups is 1. The smallest absolute Gasteiger partial charge is 0.341 e. The second-order valence-corrected chi connectivity index (χ2v) is 2.99. The van der Waals surface area contributed by atoms with Gasteiger partial charge in [-0.3, -0.25) is 0 Å². The van der Waals surface area contributed by atoms with Gasteiger partial charge in [0, 0.05) is 13.1 Å². The number of carboxylic acids is 1. The minimum atomic E-state index is -0.901. The predicted octanol–water partition coefficient (Wildman–Crippen LogP) is 0.421. The average Bonchev–Trinajstić information content (AvgIpc) is 2.61. The van der Waals surface area contributed by atoms with Crippen LogP contribution in [0, 0.1) is 0 Å². The minimum absolute atomic E-state index is 0.305. The first kappa shape index (κ1) is 8.10. The summed E-state index contributed by atoms with van der Waals surface area (Å²) in [6.45, 7) is 4.48. The lowest BCUT2D eigenvalue weighted by Crippen LogP contribution is -2.21. The maximum absolute atomic E-state index is 10.8. The Morgan fingerprint density at radius 1 is 1.69 bits per heavy atom. The average molecular weight is 181 g/mol. The number of carboxylic acid groups (broad SMARTS) is 1. The highest BCUT2D eigenvalue weighted by molar-refractivity contribution is 5.93. The highest BCUT2D eigenvalue weighted by Gasteiger charge is 2.25. The summed E-state index contributed by atoms with van der Waals surface area (Å²) in [5.74, 6) is -0.156. The molecular weight excluding hydrogens is 170 g/mol. The normalized spacial score (nSPS) is 14.7. The zero-order chi connectivity index (χ0) is 9.42. The van der Waals surface area contributed by atoms with E-state index in [-0.39, 0.29) is 0 Å². The van der Waals surface area contributed by atoms with Gasteiger partial charge in [-0.2, -0.15) is 5.10 Å². The molecule has 0 amide bonds. The molecular formula is C8H11N3O2. The summed E-state index contributed by atoms with van der Waals surface area (Å²) in [6, 6.07) is 0. The molecule has 0 spiro atoms. The van der Waals surface area contributed by atoms with E-state index in [1.54, 1.807) is 4.68 Å². The van der Waals surface area contributed by atoms with Gasteiger partial charge >= 0.3 is 5.97 Å². The van der Waals surface area contributed by atoms with Crippen molar-refractivity contribution in [2.45, 2.75) is 13.5 Å². The van der Waals surface area contributed by atoms with E-state index in [1.165, 1.54) is 6.20 Å². The number of aromatic nitrogens is 2. The topological polar surface area (TPSA) is 58.4 Å². The minimum Gasteiger partial charge on any atom is -0.477 e. The quantitative estimate of drug-likeness (QED) is 0.718. The third-order valence-corrected chi connectivity index (χ3v) is 2.30. The molecule has 2 heterocycles. The van der Waals surface area contributed by atoms with Crippen molar-refractivity contribution >= 4 is 11.8 Å². The molecule has 13 heavy (non-hydrogen) atoms. The molecule has 0 unspecified atom stereocenters. The van der Waals surface area contributed by atoms with Gasteiger partial charge < -0.3 is 10.0 Å². The molecule has 1 N–H and O–H groups in total. The van der Waals surface area contributed by atoms with Crippen LogP contribution in [0.3, 0.4) is 0 Å². The van der Waals surface area contributed by atoms with Crippen molar-refractivity contribution in [3.8, 4) is 0 Å². The van der Waals surface area contributed by atoms with Gasteiger partial charge in [0.1, 0.15) is 11.4 Å². The summed E-state index contributed by atoms with van der Waals surface area (Å²) in [5.41, 5.74) is 0.305. The Labute approximate surface area is 75.6 Å². The molecule has 0 bridgehead atoms. The third-order valence-electron chi connectivity index (χ3n) is 2.30. The SMILES string of the molecule is CCN1CCn2ncc(C(=O)O)c21. The van der Waals surface area contributed by atoms with Crippen molar-refractivity contribution in [1.29, 1.82) is 0 Å². The predicted molar refractivity (Wildman–Crippen MR) is 47.1 cm³/mol. The Morgan fingerprint density at radius 3 is 3.08 bits per heavy atom. The van der Waals surface area contributed by atoms with Crippen molar-refractivity contribution in [3.05, 3.63) is 11.8 Å². The fraction of sp³-hybridized carbons (Fsp3) is 0.500. The highest BCUT2D eigenvalue weighted by atomic mass is 16.4. The second-order valence-electron chi connectivity index (χ2n) is 2.99. The van der Waals surface area contributed by atoms with Gasteiger partial charge in [0.25, 0.3) is 0 Å². The van der Waals surface area contributed by atoms with Gasteiger partial charge in [0.15, 0.2) is 0 Å². The summed E-state index contributed by atoms with van der Waals surface area (Å²) < 4.78 is 1.74. The Balaban J connectivity index is 2.46. The summed E-state index contributed by atoms with van der Waals surface area (Å²) in [6.07, 6.45) is 1.42. The number of rotatable bonds is 2. The molecule has 0 aromatic carbocycles. The molecule has 2 rings (SSSR count). The van der Waals surface area contributed by atoms with E-state index < -0.39 is 5.97 Å². The van der Waals surface area contributed by atoms with Gasteiger partial charge in [-0.15, -0.1) is 0 Å². The fourth-order valence-corrected chi connectivity index (χ4v) is 1.66. The Hall–Kier alpha value is -1.52. The van der Waals surface area contributed by atoms with Crippen molar-refractivity contribution in [3.63, 3.8) is 0 Å². The van der Waals surface area contributed by atoms with E-state index in [0.29, 0.717) is 5.56 Å². The first-order valence-electron chi connectivity index (χ1n) is 4.28. The Bertz CT molecular complexity index is 345. The van der Waals surface area contributed by atoms with E-state index in [2.05, 4.69) is 5.10 Å². The van der Waals surface area contributed by atoms with E-state index in [1.807, 2.05) is 11.8 Å². The van der Waals surface area contributed by atoms with Crippen LogP contribution in [-0.4, -0.2) is 33.9 Å². The number of nitrogens with zero attached hydrogens (tertiary/aromatic N) is 3. The number of hydrogen-bond acceptors (Lipinski definition) is 3. The monoisotopic (exact) mass is 181 g/mol. The lowest BCUT2D eigenvalue weighted by atomic mass is 10.3. The molecule has 0 atom stereocenters. The zero-order valence-electron chi connectivity index (χ0n) is 7.40. The largest absolute Gasteiger partial charge is 0.477 e. The van der Waals surface area contributed by atoms with E-state index in [9.17, 15) is 4.79 Å². The van der Waals surface area contributed by atoms with Crippen LogP contribution < -0.4 is 4.90 Å². The first-order valence-corrected chi connectivity index (χ1v) is 4.28. The molecule has 0 radical (unpaired) electrons. The molecule has 5 nitrogen and oxygen atoms in total. The van der Waals surface area contributed by atoms with Crippen LogP contribution in [0.15, 0.2) is 6.20 Å². The van der Waals surface area contributed by atoms with Crippen LogP contribution in [0.5, 0.6) is 0 Å². The maximum Gasteiger partial charge on any atom is 0.341 e. The van der Waals surface area contributed by atoms with Gasteiger partial charge in [0.2, 0.25) is 0 Å². The molecule has 0 fully saturated rings. The van der Waals surface area contributed by atoms with Gasteiger partial charge in [0.05, 0.1) is 12.7 Å². The van der Waals surface area contributed by atoms with E-state index >= 15 is 0 Å². The van der Waals surface area contributed by atoms with Crippen LogP contribution in [-0.2, 0) is 6.54 Å². The molecule has 5 heteroatoms. The van der Waals surface area contributed by atoms with Gasteiger partial charge in [-0.1, -0.05) is 0 Å². The molecule has 1 aliphatic heterocycles.